The number of rotatable bonds is 11. The number of aliphatic hydroxyl groups is 6. The van der Waals surface area contributed by atoms with Crippen LogP contribution in [-0.2, 0) is 19.0 Å². The van der Waals surface area contributed by atoms with Gasteiger partial charge in [-0.15, -0.1) is 0 Å². The number of carboxylic acid groups (broad SMARTS) is 1. The van der Waals surface area contributed by atoms with Gasteiger partial charge in [0, 0.05) is 0 Å². The highest BCUT2D eigenvalue weighted by Crippen LogP contribution is 2.34. The third kappa shape index (κ3) is 6.83. The van der Waals surface area contributed by atoms with Crippen LogP contribution in [0.3, 0.4) is 0 Å². The van der Waals surface area contributed by atoms with Crippen LogP contribution in [0.4, 0.5) is 0 Å². The molecule has 0 bridgehead atoms. The summed E-state index contributed by atoms with van der Waals surface area (Å²) in [6.45, 7) is 4.98. The molecule has 33 heavy (non-hydrogen) atoms. The molecule has 0 aromatic carbocycles. The Hall–Kier alpha value is -0.890. The molecule has 194 valence electrons. The van der Waals surface area contributed by atoms with Gasteiger partial charge in [-0.2, -0.15) is 0 Å². The van der Waals surface area contributed by atoms with Crippen LogP contribution in [0.15, 0.2) is 0 Å². The first-order valence-electron chi connectivity index (χ1n) is 11.8. The van der Waals surface area contributed by atoms with E-state index >= 15 is 0 Å². The second-order valence-corrected chi connectivity index (χ2v) is 9.20. The zero-order valence-electron chi connectivity index (χ0n) is 19.4. The van der Waals surface area contributed by atoms with Crippen molar-refractivity contribution in [1.82, 2.24) is 0 Å². The summed E-state index contributed by atoms with van der Waals surface area (Å²) < 4.78 is 16.8. The number of aliphatic carboxylic acids is 1. The topological polar surface area (TPSA) is 186 Å². The van der Waals surface area contributed by atoms with Crippen LogP contribution < -0.4 is 0 Å². The number of aliphatic hydroxyl groups excluding tert-OH is 6. The Kier molecular flexibility index (Phi) is 10.9. The summed E-state index contributed by atoms with van der Waals surface area (Å²) in [6, 6.07) is 0. The van der Waals surface area contributed by atoms with Gasteiger partial charge in [0.15, 0.2) is 6.29 Å². The molecule has 11 heteroatoms. The lowest BCUT2D eigenvalue weighted by Crippen LogP contribution is -2.65. The van der Waals surface area contributed by atoms with Crippen LogP contribution >= 0.6 is 0 Å². The van der Waals surface area contributed by atoms with Gasteiger partial charge in [0.1, 0.15) is 48.6 Å². The molecule has 2 saturated heterocycles. The minimum absolute atomic E-state index is 0.199. The summed E-state index contributed by atoms with van der Waals surface area (Å²) in [5, 5.41) is 71.8. The third-order valence-electron chi connectivity index (χ3n) is 6.62. The zero-order chi connectivity index (χ0) is 24.9. The van der Waals surface area contributed by atoms with E-state index in [4.69, 9.17) is 14.2 Å². The number of carbonyl (C=O) groups is 1. The summed E-state index contributed by atoms with van der Waals surface area (Å²) in [7, 11) is 0. The van der Waals surface area contributed by atoms with Crippen LogP contribution in [0.5, 0.6) is 0 Å². The minimum Gasteiger partial charge on any atom is -0.481 e. The molecule has 2 rings (SSSR count). The Labute approximate surface area is 193 Å². The number of hydrogen-bond donors (Lipinski definition) is 7. The molecule has 2 heterocycles. The number of unbranched alkanes of at least 4 members (excludes halogenated alkanes) is 4. The Morgan fingerprint density at radius 2 is 1.42 bits per heavy atom. The first kappa shape index (κ1) is 28.3. The second-order valence-electron chi connectivity index (χ2n) is 9.20. The van der Waals surface area contributed by atoms with Crippen LogP contribution in [0.2, 0.25) is 0 Å². The van der Waals surface area contributed by atoms with Crippen molar-refractivity contribution in [3.05, 3.63) is 0 Å². The van der Waals surface area contributed by atoms with Crippen molar-refractivity contribution in [1.29, 1.82) is 0 Å². The SMILES string of the molecule is CCCCCCCC(O)C(C(=O)O)[C@H]1O[C@@H](C)[C@H](O)[C@@H](O)[C@H]1O[C@@H]1O[C@@H](C)[C@H](O)[C@@H](O)[C@H]1O. The number of carboxylic acids is 1. The lowest BCUT2D eigenvalue weighted by molar-refractivity contribution is -0.339. The maximum Gasteiger partial charge on any atom is 0.311 e. The van der Waals surface area contributed by atoms with E-state index in [0.29, 0.717) is 6.42 Å². The van der Waals surface area contributed by atoms with Crippen molar-refractivity contribution in [3.63, 3.8) is 0 Å². The molecule has 0 radical (unpaired) electrons. The van der Waals surface area contributed by atoms with Gasteiger partial charge in [0.05, 0.1) is 18.3 Å². The molecule has 0 saturated carbocycles. The van der Waals surface area contributed by atoms with E-state index in [-0.39, 0.29) is 6.42 Å². The van der Waals surface area contributed by atoms with Crippen LogP contribution in [0, 0.1) is 5.92 Å². The van der Waals surface area contributed by atoms with Gasteiger partial charge in [0.25, 0.3) is 0 Å². The molecule has 0 aromatic rings. The number of ether oxygens (including phenoxy) is 3. The van der Waals surface area contributed by atoms with Crippen molar-refractivity contribution in [2.24, 2.45) is 5.92 Å². The van der Waals surface area contributed by atoms with E-state index in [2.05, 4.69) is 6.92 Å². The highest BCUT2D eigenvalue weighted by molar-refractivity contribution is 5.71. The average Bonchev–Trinajstić information content (AvgIpc) is 2.76. The monoisotopic (exact) mass is 480 g/mol. The standard InChI is InChI=1S/C22H40O11/c1-4-5-6-7-8-9-12(23)13(21(29)30)19-20(17(27)15(25)10(2)31-19)33-22-18(28)16(26)14(24)11(3)32-22/h10-20,22-28H,4-9H2,1-3H3,(H,29,30)/t10-,11-,12?,13?,14-,15-,16+,17+,18+,19+,20+,22-/m0/s1. The molecule has 12 atom stereocenters. The fraction of sp³-hybridized carbons (Fsp3) is 0.955. The highest BCUT2D eigenvalue weighted by atomic mass is 16.7. The molecule has 11 nitrogen and oxygen atoms in total. The maximum absolute atomic E-state index is 12.1. The molecule has 0 spiro atoms. The van der Waals surface area contributed by atoms with Crippen molar-refractivity contribution in [2.45, 2.75) is 127 Å². The van der Waals surface area contributed by atoms with Gasteiger partial charge in [0.2, 0.25) is 0 Å². The molecule has 0 amide bonds. The van der Waals surface area contributed by atoms with E-state index in [1.165, 1.54) is 13.8 Å². The smallest absolute Gasteiger partial charge is 0.311 e. The zero-order valence-corrected chi connectivity index (χ0v) is 19.4. The fourth-order valence-corrected chi connectivity index (χ4v) is 4.46. The van der Waals surface area contributed by atoms with Gasteiger partial charge in [-0.3, -0.25) is 4.79 Å². The number of hydrogen-bond acceptors (Lipinski definition) is 10. The lowest BCUT2D eigenvalue weighted by Gasteiger charge is -2.47. The Morgan fingerprint density at radius 1 is 0.848 bits per heavy atom. The quantitative estimate of drug-likeness (QED) is 0.182. The van der Waals surface area contributed by atoms with Crippen LogP contribution in [0.25, 0.3) is 0 Å². The second kappa shape index (κ2) is 12.7. The lowest BCUT2D eigenvalue weighted by atomic mass is 9.83. The van der Waals surface area contributed by atoms with E-state index in [9.17, 15) is 40.5 Å². The van der Waals surface area contributed by atoms with E-state index in [1.54, 1.807) is 0 Å². The van der Waals surface area contributed by atoms with Crippen LogP contribution in [-0.4, -0.2) is 109 Å². The molecule has 2 aliphatic heterocycles. The molecular formula is C22H40O11. The molecule has 2 unspecified atom stereocenters. The van der Waals surface area contributed by atoms with Crippen molar-refractivity contribution >= 4 is 5.97 Å². The van der Waals surface area contributed by atoms with Crippen LogP contribution in [0.1, 0.15) is 59.3 Å². The molecule has 2 aliphatic rings. The van der Waals surface area contributed by atoms with Gasteiger partial charge in [-0.25, -0.2) is 0 Å². The van der Waals surface area contributed by atoms with E-state index in [1.807, 2.05) is 0 Å². The summed E-state index contributed by atoms with van der Waals surface area (Å²) in [6.07, 6.45) is -10.6. The summed E-state index contributed by atoms with van der Waals surface area (Å²) in [5.74, 6) is -2.85. The highest BCUT2D eigenvalue weighted by Gasteiger charge is 2.53. The average molecular weight is 481 g/mol. The van der Waals surface area contributed by atoms with Crippen molar-refractivity contribution < 1.29 is 54.8 Å². The van der Waals surface area contributed by atoms with E-state index < -0.39 is 79.2 Å². The minimum atomic E-state index is -1.70. The predicted molar refractivity (Wildman–Crippen MR) is 114 cm³/mol. The molecule has 2 fully saturated rings. The summed E-state index contributed by atoms with van der Waals surface area (Å²) in [5.41, 5.74) is 0. The summed E-state index contributed by atoms with van der Waals surface area (Å²) >= 11 is 0. The van der Waals surface area contributed by atoms with Gasteiger partial charge in [-0.1, -0.05) is 39.0 Å². The molecule has 0 aliphatic carbocycles. The first-order chi connectivity index (χ1) is 15.5. The Morgan fingerprint density at radius 3 is 2.03 bits per heavy atom. The largest absolute Gasteiger partial charge is 0.481 e. The van der Waals surface area contributed by atoms with Gasteiger partial charge in [-0.05, 0) is 20.3 Å². The normalized spacial score (nSPS) is 41.5. The Bertz CT molecular complexity index is 605. The first-order valence-corrected chi connectivity index (χ1v) is 11.8. The van der Waals surface area contributed by atoms with Gasteiger partial charge < -0.3 is 50.0 Å². The van der Waals surface area contributed by atoms with Crippen molar-refractivity contribution in [2.75, 3.05) is 0 Å². The van der Waals surface area contributed by atoms with Gasteiger partial charge >= 0.3 is 5.97 Å². The Balaban J connectivity index is 2.21. The summed E-state index contributed by atoms with van der Waals surface area (Å²) in [4.78, 5) is 12.1. The maximum atomic E-state index is 12.1. The van der Waals surface area contributed by atoms with Crippen molar-refractivity contribution in [3.8, 4) is 0 Å². The molecule has 7 N–H and O–H groups in total. The predicted octanol–water partition coefficient (Wildman–Crippen LogP) is -0.870. The third-order valence-corrected chi connectivity index (χ3v) is 6.62. The molecular weight excluding hydrogens is 440 g/mol. The fourth-order valence-electron chi connectivity index (χ4n) is 4.46. The molecule has 0 aromatic heterocycles. The van der Waals surface area contributed by atoms with E-state index in [0.717, 1.165) is 25.7 Å².